The summed E-state index contributed by atoms with van der Waals surface area (Å²) in [6.07, 6.45) is 8.41. The number of nitrogens with zero attached hydrogens (tertiary/aromatic N) is 2. The molecule has 1 saturated heterocycles. The molecule has 1 aliphatic rings. The summed E-state index contributed by atoms with van der Waals surface area (Å²) >= 11 is 12.0. The molecule has 0 spiro atoms. The number of β-amino-alcohol motifs (C(OH)–C–C–N with tert-alkyl or cyclic N) is 1. The maximum atomic E-state index is 12.9. The maximum Gasteiger partial charge on any atom is 0.227 e. The van der Waals surface area contributed by atoms with Crippen molar-refractivity contribution >= 4 is 29.1 Å². The van der Waals surface area contributed by atoms with Crippen molar-refractivity contribution in [1.82, 2.24) is 9.80 Å². The van der Waals surface area contributed by atoms with Crippen LogP contribution in [0.1, 0.15) is 18.9 Å². The SMILES string of the molecule is C=C(/C=C\C=C/C)[C@@H](CN1CC[C@@H](O)C1)N(C)C(=O)Cc1ccc(Cl)c(Cl)c1. The standard InChI is InChI=1S/C22H28Cl2N2O2/c1-4-5-6-7-16(2)21(15-26-11-10-18(27)14-26)25(3)22(28)13-17-8-9-19(23)20(24)12-17/h4-9,12,18,21,27H,2,10-11,13-15H2,1,3H3/b5-4-,7-6-/t18-,21-/m1/s1. The number of carbonyl (C=O) groups excluding carboxylic acids is 1. The van der Waals surface area contributed by atoms with Crippen LogP contribution in [0, 0.1) is 0 Å². The van der Waals surface area contributed by atoms with Crippen LogP contribution in [0.25, 0.3) is 0 Å². The molecule has 0 bridgehead atoms. The Kier molecular flexibility index (Phi) is 8.77. The highest BCUT2D eigenvalue weighted by atomic mass is 35.5. The van der Waals surface area contributed by atoms with Crippen molar-refractivity contribution in [3.05, 3.63) is 70.3 Å². The molecule has 4 nitrogen and oxygen atoms in total. The number of allylic oxidation sites excluding steroid dienone is 3. The number of likely N-dealkylation sites (tertiary alicyclic amines) is 1. The molecule has 0 aliphatic carbocycles. The first-order valence-corrected chi connectivity index (χ1v) is 10.2. The van der Waals surface area contributed by atoms with Gasteiger partial charge in [0.25, 0.3) is 0 Å². The lowest BCUT2D eigenvalue weighted by molar-refractivity contribution is -0.130. The first-order valence-electron chi connectivity index (χ1n) is 9.40. The van der Waals surface area contributed by atoms with Crippen molar-refractivity contribution in [3.63, 3.8) is 0 Å². The summed E-state index contributed by atoms with van der Waals surface area (Å²) in [4.78, 5) is 16.8. The molecule has 1 N–H and O–H groups in total. The Morgan fingerprint density at radius 3 is 2.75 bits per heavy atom. The predicted octanol–water partition coefficient (Wildman–Crippen LogP) is 4.12. The van der Waals surface area contributed by atoms with Gasteiger partial charge in [-0.2, -0.15) is 0 Å². The number of halogens is 2. The van der Waals surface area contributed by atoms with E-state index in [0.29, 0.717) is 23.1 Å². The average molecular weight is 423 g/mol. The second-order valence-corrected chi connectivity index (χ2v) is 7.92. The molecule has 0 aromatic heterocycles. The van der Waals surface area contributed by atoms with Gasteiger partial charge in [0.05, 0.1) is 28.6 Å². The molecule has 1 aromatic rings. The molecule has 0 unspecified atom stereocenters. The zero-order chi connectivity index (χ0) is 20.7. The van der Waals surface area contributed by atoms with Crippen LogP contribution in [-0.2, 0) is 11.2 Å². The van der Waals surface area contributed by atoms with Gasteiger partial charge in [0.1, 0.15) is 0 Å². The first kappa shape index (κ1) is 22.7. The van der Waals surface area contributed by atoms with Crippen molar-refractivity contribution in [2.45, 2.75) is 31.9 Å². The summed E-state index contributed by atoms with van der Waals surface area (Å²) in [6.45, 7) is 8.21. The highest BCUT2D eigenvalue weighted by molar-refractivity contribution is 6.42. The van der Waals surface area contributed by atoms with Gasteiger partial charge in [-0.05, 0) is 36.6 Å². The molecule has 1 fully saturated rings. The molecule has 2 atom stereocenters. The summed E-state index contributed by atoms with van der Waals surface area (Å²) in [7, 11) is 1.80. The van der Waals surface area contributed by atoms with Gasteiger partial charge in [0, 0.05) is 26.7 Å². The monoisotopic (exact) mass is 422 g/mol. The number of carbonyl (C=O) groups is 1. The largest absolute Gasteiger partial charge is 0.392 e. The molecule has 1 aliphatic heterocycles. The smallest absolute Gasteiger partial charge is 0.227 e. The van der Waals surface area contributed by atoms with Crippen LogP contribution in [0.5, 0.6) is 0 Å². The molecule has 28 heavy (non-hydrogen) atoms. The van der Waals surface area contributed by atoms with Gasteiger partial charge in [-0.15, -0.1) is 0 Å². The number of benzene rings is 1. The maximum absolute atomic E-state index is 12.9. The summed E-state index contributed by atoms with van der Waals surface area (Å²) in [5.41, 5.74) is 1.67. The number of likely N-dealkylation sites (N-methyl/N-ethyl adjacent to an activating group) is 1. The van der Waals surface area contributed by atoms with Gasteiger partial charge in [-0.25, -0.2) is 0 Å². The van der Waals surface area contributed by atoms with E-state index in [4.69, 9.17) is 23.2 Å². The fourth-order valence-corrected chi connectivity index (χ4v) is 3.56. The van der Waals surface area contributed by atoms with Crippen molar-refractivity contribution in [2.75, 3.05) is 26.7 Å². The summed E-state index contributed by atoms with van der Waals surface area (Å²) in [6, 6.07) is 5.06. The van der Waals surface area contributed by atoms with E-state index < -0.39 is 0 Å². The van der Waals surface area contributed by atoms with Crippen LogP contribution >= 0.6 is 23.2 Å². The molecule has 1 amide bonds. The highest BCUT2D eigenvalue weighted by Crippen LogP contribution is 2.23. The van der Waals surface area contributed by atoms with Crippen LogP contribution in [0.2, 0.25) is 10.0 Å². The summed E-state index contributed by atoms with van der Waals surface area (Å²) < 4.78 is 0. The van der Waals surface area contributed by atoms with Crippen molar-refractivity contribution < 1.29 is 9.90 Å². The van der Waals surface area contributed by atoms with Gasteiger partial charge < -0.3 is 10.0 Å². The molecule has 6 heteroatoms. The second kappa shape index (κ2) is 10.8. The Hall–Kier alpha value is -1.59. The molecule has 1 heterocycles. The summed E-state index contributed by atoms with van der Waals surface area (Å²) in [5.74, 6) is -0.0243. The van der Waals surface area contributed by atoms with Crippen LogP contribution in [0.3, 0.4) is 0 Å². The van der Waals surface area contributed by atoms with E-state index in [9.17, 15) is 9.90 Å². The quantitative estimate of drug-likeness (QED) is 0.640. The zero-order valence-corrected chi connectivity index (χ0v) is 18.0. The Morgan fingerprint density at radius 1 is 1.39 bits per heavy atom. The van der Waals surface area contributed by atoms with E-state index >= 15 is 0 Å². The van der Waals surface area contributed by atoms with Crippen LogP contribution in [0.4, 0.5) is 0 Å². The normalized spacial score (nSPS) is 18.8. The van der Waals surface area contributed by atoms with Crippen LogP contribution in [-0.4, -0.2) is 59.6 Å². The number of hydrogen-bond acceptors (Lipinski definition) is 3. The second-order valence-electron chi connectivity index (χ2n) is 7.11. The Morgan fingerprint density at radius 2 is 2.14 bits per heavy atom. The van der Waals surface area contributed by atoms with E-state index in [1.807, 2.05) is 37.3 Å². The van der Waals surface area contributed by atoms with Crippen molar-refractivity contribution in [2.24, 2.45) is 0 Å². The lowest BCUT2D eigenvalue weighted by Gasteiger charge is -2.32. The Balaban J connectivity index is 2.13. The Labute approximate surface area is 177 Å². The third-order valence-electron chi connectivity index (χ3n) is 4.92. The van der Waals surface area contributed by atoms with E-state index in [2.05, 4.69) is 11.5 Å². The molecule has 2 rings (SSSR count). The molecular formula is C22H28Cl2N2O2. The third kappa shape index (κ3) is 6.49. The molecular weight excluding hydrogens is 395 g/mol. The summed E-state index contributed by atoms with van der Waals surface area (Å²) in [5, 5.41) is 10.7. The minimum Gasteiger partial charge on any atom is -0.392 e. The number of rotatable bonds is 8. The van der Waals surface area contributed by atoms with E-state index in [-0.39, 0.29) is 24.5 Å². The number of aliphatic hydroxyl groups is 1. The predicted molar refractivity (Wildman–Crippen MR) is 117 cm³/mol. The lowest BCUT2D eigenvalue weighted by atomic mass is 10.0. The molecule has 0 radical (unpaired) electrons. The van der Waals surface area contributed by atoms with Crippen LogP contribution in [0.15, 0.2) is 54.7 Å². The minimum absolute atomic E-state index is 0.0243. The van der Waals surface area contributed by atoms with Gasteiger partial charge in [0.15, 0.2) is 0 Å². The average Bonchev–Trinajstić information content (AvgIpc) is 3.07. The number of amides is 1. The van der Waals surface area contributed by atoms with Crippen LogP contribution < -0.4 is 0 Å². The van der Waals surface area contributed by atoms with Gasteiger partial charge in [-0.3, -0.25) is 9.69 Å². The Bertz CT molecular complexity index is 761. The fourth-order valence-electron chi connectivity index (χ4n) is 3.24. The van der Waals surface area contributed by atoms with Gasteiger partial charge in [-0.1, -0.05) is 60.2 Å². The molecule has 0 saturated carbocycles. The van der Waals surface area contributed by atoms with Gasteiger partial charge >= 0.3 is 0 Å². The topological polar surface area (TPSA) is 43.8 Å². The van der Waals surface area contributed by atoms with E-state index in [1.54, 1.807) is 24.1 Å². The minimum atomic E-state index is -0.301. The molecule has 152 valence electrons. The number of aliphatic hydroxyl groups excluding tert-OH is 1. The van der Waals surface area contributed by atoms with Crippen molar-refractivity contribution in [1.29, 1.82) is 0 Å². The van der Waals surface area contributed by atoms with E-state index in [0.717, 1.165) is 24.1 Å². The third-order valence-corrected chi connectivity index (χ3v) is 5.66. The fraction of sp³-hybridized carbons (Fsp3) is 0.409. The lowest BCUT2D eigenvalue weighted by Crippen LogP contribution is -2.45. The number of hydrogen-bond donors (Lipinski definition) is 1. The first-order chi connectivity index (χ1) is 13.3. The zero-order valence-electron chi connectivity index (χ0n) is 16.4. The molecule has 1 aromatic carbocycles. The van der Waals surface area contributed by atoms with E-state index in [1.165, 1.54) is 0 Å². The van der Waals surface area contributed by atoms with Crippen molar-refractivity contribution in [3.8, 4) is 0 Å². The van der Waals surface area contributed by atoms with Gasteiger partial charge in [0.2, 0.25) is 5.91 Å². The highest BCUT2D eigenvalue weighted by Gasteiger charge is 2.28.